The van der Waals surface area contributed by atoms with E-state index in [9.17, 15) is 9.59 Å². The molecule has 0 heterocycles. The summed E-state index contributed by atoms with van der Waals surface area (Å²) >= 11 is 0. The summed E-state index contributed by atoms with van der Waals surface area (Å²) in [6, 6.07) is -1.27. The van der Waals surface area contributed by atoms with Gasteiger partial charge in [0.2, 0.25) is 0 Å². The minimum absolute atomic E-state index is 0.139. The lowest BCUT2D eigenvalue weighted by molar-refractivity contribution is -0.140. The summed E-state index contributed by atoms with van der Waals surface area (Å²) in [7, 11) is 3.92. The first-order valence-electron chi connectivity index (χ1n) is 5.76. The van der Waals surface area contributed by atoms with Crippen LogP contribution in [0.25, 0.3) is 0 Å². The molecule has 0 unspecified atom stereocenters. The Morgan fingerprint density at radius 2 is 1.88 bits per heavy atom. The number of hydrogen-bond donors (Lipinski definition) is 3. The van der Waals surface area contributed by atoms with Crippen LogP contribution in [0.3, 0.4) is 0 Å². The maximum Gasteiger partial charge on any atom is 0.326 e. The van der Waals surface area contributed by atoms with Crippen molar-refractivity contribution in [3.8, 4) is 0 Å². The van der Waals surface area contributed by atoms with Gasteiger partial charge >= 0.3 is 12.0 Å². The molecule has 0 aliphatic heterocycles. The number of carbonyl (C=O) groups is 2. The van der Waals surface area contributed by atoms with E-state index in [1.807, 2.05) is 19.0 Å². The molecule has 0 saturated heterocycles. The Labute approximate surface area is 102 Å². The first kappa shape index (κ1) is 15.7. The van der Waals surface area contributed by atoms with Gasteiger partial charge in [-0.25, -0.2) is 9.59 Å². The van der Waals surface area contributed by atoms with E-state index in [1.165, 1.54) is 0 Å². The quantitative estimate of drug-likeness (QED) is 0.565. The van der Waals surface area contributed by atoms with E-state index in [0.717, 1.165) is 13.0 Å². The van der Waals surface area contributed by atoms with Crippen molar-refractivity contribution in [1.82, 2.24) is 15.5 Å². The Hall–Kier alpha value is -1.30. The van der Waals surface area contributed by atoms with Crippen LogP contribution in [0.5, 0.6) is 0 Å². The smallest absolute Gasteiger partial charge is 0.326 e. The molecule has 0 aliphatic rings. The van der Waals surface area contributed by atoms with Crippen molar-refractivity contribution in [3.63, 3.8) is 0 Å². The fraction of sp³-hybridized carbons (Fsp3) is 0.818. The molecule has 0 fully saturated rings. The number of nitrogens with zero attached hydrogens (tertiary/aromatic N) is 1. The molecule has 0 rings (SSSR count). The monoisotopic (exact) mass is 245 g/mol. The van der Waals surface area contributed by atoms with Gasteiger partial charge in [0.25, 0.3) is 0 Å². The van der Waals surface area contributed by atoms with Crippen LogP contribution in [0.4, 0.5) is 4.79 Å². The molecule has 6 heteroatoms. The number of carboxylic acid groups (broad SMARTS) is 1. The molecule has 0 aliphatic carbocycles. The van der Waals surface area contributed by atoms with E-state index in [4.69, 9.17) is 5.11 Å². The van der Waals surface area contributed by atoms with Gasteiger partial charge in [0.15, 0.2) is 0 Å². The first-order valence-corrected chi connectivity index (χ1v) is 5.76. The Bertz CT molecular complexity index is 254. The second kappa shape index (κ2) is 7.89. The number of carboxylic acids is 1. The van der Waals surface area contributed by atoms with Crippen molar-refractivity contribution >= 4 is 12.0 Å². The SMILES string of the molecule is CC(C)[C@H](NC(=O)NCCCN(C)C)C(=O)O. The van der Waals surface area contributed by atoms with E-state index >= 15 is 0 Å². The van der Waals surface area contributed by atoms with Gasteiger partial charge < -0.3 is 20.6 Å². The van der Waals surface area contributed by atoms with Crippen molar-refractivity contribution in [1.29, 1.82) is 0 Å². The lowest BCUT2D eigenvalue weighted by Crippen LogP contribution is -2.48. The van der Waals surface area contributed by atoms with E-state index in [-0.39, 0.29) is 5.92 Å². The molecule has 0 spiro atoms. The largest absolute Gasteiger partial charge is 0.480 e. The van der Waals surface area contributed by atoms with Crippen LogP contribution in [0, 0.1) is 5.92 Å². The Balaban J connectivity index is 3.87. The Morgan fingerprint density at radius 1 is 1.29 bits per heavy atom. The normalized spacial score (nSPS) is 12.6. The molecule has 0 radical (unpaired) electrons. The molecule has 6 nitrogen and oxygen atoms in total. The predicted molar refractivity (Wildman–Crippen MR) is 66.0 cm³/mol. The number of hydrogen-bond acceptors (Lipinski definition) is 3. The molecule has 3 N–H and O–H groups in total. The maximum atomic E-state index is 11.4. The molecular weight excluding hydrogens is 222 g/mol. The highest BCUT2D eigenvalue weighted by atomic mass is 16.4. The van der Waals surface area contributed by atoms with Crippen LogP contribution in [0.15, 0.2) is 0 Å². The predicted octanol–water partition coefficient (Wildman–Crippen LogP) is 0.347. The van der Waals surface area contributed by atoms with Gasteiger partial charge in [-0.2, -0.15) is 0 Å². The van der Waals surface area contributed by atoms with Crippen molar-refractivity contribution in [2.75, 3.05) is 27.2 Å². The number of carbonyl (C=O) groups excluding carboxylic acids is 1. The van der Waals surface area contributed by atoms with Gasteiger partial charge in [-0.05, 0) is 33.0 Å². The molecule has 100 valence electrons. The molecule has 0 aromatic carbocycles. The van der Waals surface area contributed by atoms with Crippen LogP contribution in [0.2, 0.25) is 0 Å². The van der Waals surface area contributed by atoms with Gasteiger partial charge in [0.05, 0.1) is 0 Å². The highest BCUT2D eigenvalue weighted by molar-refractivity contribution is 5.82. The molecular formula is C11H23N3O3. The summed E-state index contributed by atoms with van der Waals surface area (Å²) in [4.78, 5) is 24.3. The molecule has 17 heavy (non-hydrogen) atoms. The number of amides is 2. The van der Waals surface area contributed by atoms with Crippen LogP contribution in [-0.2, 0) is 4.79 Å². The van der Waals surface area contributed by atoms with E-state index in [2.05, 4.69) is 10.6 Å². The van der Waals surface area contributed by atoms with Gasteiger partial charge in [0, 0.05) is 6.54 Å². The summed E-state index contributed by atoms with van der Waals surface area (Å²) in [5.41, 5.74) is 0. The molecule has 0 bridgehead atoms. The summed E-state index contributed by atoms with van der Waals surface area (Å²) < 4.78 is 0. The lowest BCUT2D eigenvalue weighted by Gasteiger charge is -2.18. The summed E-state index contributed by atoms with van der Waals surface area (Å²) in [5.74, 6) is -1.15. The average Bonchev–Trinajstić information content (AvgIpc) is 2.19. The van der Waals surface area contributed by atoms with Gasteiger partial charge in [0.1, 0.15) is 6.04 Å². The standard InChI is InChI=1S/C11H23N3O3/c1-8(2)9(10(15)16)13-11(17)12-6-5-7-14(3)4/h8-9H,5-7H2,1-4H3,(H,15,16)(H2,12,13,17)/t9-/m0/s1. The molecule has 0 aromatic heterocycles. The lowest BCUT2D eigenvalue weighted by atomic mass is 10.1. The highest BCUT2D eigenvalue weighted by Gasteiger charge is 2.22. The summed E-state index contributed by atoms with van der Waals surface area (Å²) in [6.45, 7) is 4.93. The van der Waals surface area contributed by atoms with E-state index < -0.39 is 18.0 Å². The Kier molecular flexibility index (Phi) is 7.29. The van der Waals surface area contributed by atoms with Crippen molar-refractivity contribution in [3.05, 3.63) is 0 Å². The van der Waals surface area contributed by atoms with Crippen LogP contribution in [0.1, 0.15) is 20.3 Å². The molecule has 0 aromatic rings. The van der Waals surface area contributed by atoms with Gasteiger partial charge in [-0.3, -0.25) is 0 Å². The van der Waals surface area contributed by atoms with E-state index in [1.54, 1.807) is 13.8 Å². The van der Waals surface area contributed by atoms with Crippen LogP contribution < -0.4 is 10.6 Å². The minimum atomic E-state index is -1.01. The number of aliphatic carboxylic acids is 1. The van der Waals surface area contributed by atoms with Crippen molar-refractivity contribution in [2.24, 2.45) is 5.92 Å². The third-order valence-corrected chi connectivity index (χ3v) is 2.29. The van der Waals surface area contributed by atoms with Gasteiger partial charge in [-0.1, -0.05) is 13.8 Å². The fourth-order valence-electron chi connectivity index (χ4n) is 1.30. The van der Waals surface area contributed by atoms with E-state index in [0.29, 0.717) is 6.54 Å². The number of rotatable bonds is 7. The number of urea groups is 1. The summed E-state index contributed by atoms with van der Waals surface area (Å²) in [5, 5.41) is 14.0. The third kappa shape index (κ3) is 7.57. The molecule has 1 atom stereocenters. The summed E-state index contributed by atoms with van der Waals surface area (Å²) in [6.07, 6.45) is 0.833. The minimum Gasteiger partial charge on any atom is -0.480 e. The third-order valence-electron chi connectivity index (χ3n) is 2.29. The highest BCUT2D eigenvalue weighted by Crippen LogP contribution is 2.01. The number of nitrogens with one attached hydrogen (secondary N) is 2. The van der Waals surface area contributed by atoms with Crippen molar-refractivity contribution in [2.45, 2.75) is 26.3 Å². The first-order chi connectivity index (χ1) is 7.84. The average molecular weight is 245 g/mol. The molecule has 2 amide bonds. The second-order valence-corrected chi connectivity index (χ2v) is 4.62. The van der Waals surface area contributed by atoms with Crippen molar-refractivity contribution < 1.29 is 14.7 Å². The fourth-order valence-corrected chi connectivity index (χ4v) is 1.30. The van der Waals surface area contributed by atoms with Crippen LogP contribution >= 0.6 is 0 Å². The zero-order valence-corrected chi connectivity index (χ0v) is 11.0. The maximum absolute atomic E-state index is 11.4. The topological polar surface area (TPSA) is 81.7 Å². The molecule has 0 saturated carbocycles. The zero-order valence-electron chi connectivity index (χ0n) is 11.0. The second-order valence-electron chi connectivity index (χ2n) is 4.62. The zero-order chi connectivity index (χ0) is 13.4. The Morgan fingerprint density at radius 3 is 2.29 bits per heavy atom. The van der Waals surface area contributed by atoms with Gasteiger partial charge in [-0.15, -0.1) is 0 Å². The van der Waals surface area contributed by atoms with Crippen LogP contribution in [-0.4, -0.2) is 55.2 Å².